The van der Waals surface area contributed by atoms with Crippen LogP contribution in [-0.2, 0) is 11.8 Å². The molecule has 0 saturated carbocycles. The molecule has 1 aromatic carbocycles. The van der Waals surface area contributed by atoms with E-state index in [1.807, 2.05) is 0 Å². The minimum absolute atomic E-state index is 0.0111. The van der Waals surface area contributed by atoms with Crippen LogP contribution in [-0.4, -0.2) is 36.0 Å². The van der Waals surface area contributed by atoms with Crippen LogP contribution in [0.25, 0.3) is 10.9 Å². The molecule has 0 aliphatic carbocycles. The van der Waals surface area contributed by atoms with Crippen LogP contribution >= 0.6 is 0 Å². The topological polar surface area (TPSA) is 37.3 Å². The number of hydrogen-bond donors (Lipinski definition) is 1. The zero-order valence-electron chi connectivity index (χ0n) is 15.2. The van der Waals surface area contributed by atoms with E-state index < -0.39 is 0 Å². The highest BCUT2D eigenvalue weighted by Gasteiger charge is 2.21. The largest absolute Gasteiger partial charge is 0.354 e. The van der Waals surface area contributed by atoms with Crippen LogP contribution < -0.4 is 5.32 Å². The second-order valence-electron chi connectivity index (χ2n) is 7.73. The highest BCUT2D eigenvalue weighted by molar-refractivity contribution is 5.84. The lowest BCUT2D eigenvalue weighted by Crippen LogP contribution is -2.35. The molecule has 0 fully saturated rings. The van der Waals surface area contributed by atoms with E-state index in [0.717, 1.165) is 0 Å². The predicted octanol–water partition coefficient (Wildman–Crippen LogP) is 3.33. The first-order valence-electron chi connectivity index (χ1n) is 8.16. The normalized spacial score (nSPS) is 13.5. The lowest BCUT2D eigenvalue weighted by Gasteiger charge is -2.25. The second kappa shape index (κ2) is 6.75. The van der Waals surface area contributed by atoms with Crippen molar-refractivity contribution in [3.63, 3.8) is 0 Å². The molecule has 0 saturated heterocycles. The monoisotopic (exact) mass is 315 g/mol. The average molecular weight is 315 g/mol. The molecule has 23 heavy (non-hydrogen) atoms. The van der Waals surface area contributed by atoms with Crippen molar-refractivity contribution in [1.29, 1.82) is 0 Å². The van der Waals surface area contributed by atoms with E-state index in [1.54, 1.807) is 0 Å². The molecule has 1 atom stereocenters. The highest BCUT2D eigenvalue weighted by Crippen LogP contribution is 2.28. The standard InChI is InChI=1S/C19H29N3O/c1-19(2,3)11-18(23)20-12-17(21(4)5)15-13-22(6)16-10-8-7-9-14(15)16/h7-10,13,17H,11-12H2,1-6H3,(H,20,23). The number of aryl methyl sites for hydroxylation is 1. The van der Waals surface area contributed by atoms with Crippen molar-refractivity contribution in [2.24, 2.45) is 12.5 Å². The van der Waals surface area contributed by atoms with Crippen LogP contribution in [0, 0.1) is 5.41 Å². The molecule has 0 radical (unpaired) electrons. The number of carbonyl (C=O) groups is 1. The molecular formula is C19H29N3O. The van der Waals surface area contributed by atoms with Crippen LogP contribution in [0.2, 0.25) is 0 Å². The van der Waals surface area contributed by atoms with Crippen molar-refractivity contribution in [3.05, 3.63) is 36.0 Å². The molecule has 126 valence electrons. The number of rotatable bonds is 5. The third kappa shape index (κ3) is 4.35. The third-order valence-corrected chi connectivity index (χ3v) is 4.09. The Bertz CT molecular complexity index is 679. The van der Waals surface area contributed by atoms with Crippen LogP contribution in [0.15, 0.2) is 30.5 Å². The fourth-order valence-electron chi connectivity index (χ4n) is 2.96. The molecule has 1 aromatic heterocycles. The Morgan fingerprint density at radius 2 is 1.91 bits per heavy atom. The highest BCUT2D eigenvalue weighted by atomic mass is 16.1. The van der Waals surface area contributed by atoms with Crippen LogP contribution in [0.1, 0.15) is 38.8 Å². The summed E-state index contributed by atoms with van der Waals surface area (Å²) in [6.45, 7) is 6.87. The van der Waals surface area contributed by atoms with E-state index in [2.05, 4.69) is 87.2 Å². The molecule has 1 N–H and O–H groups in total. The Morgan fingerprint density at radius 3 is 2.52 bits per heavy atom. The minimum atomic E-state index is 0.0111. The number of para-hydroxylation sites is 1. The number of fused-ring (bicyclic) bond motifs is 1. The van der Waals surface area contributed by atoms with Gasteiger partial charge in [-0.25, -0.2) is 0 Å². The average Bonchev–Trinajstić information content (AvgIpc) is 2.75. The lowest BCUT2D eigenvalue weighted by molar-refractivity contribution is -0.123. The maximum Gasteiger partial charge on any atom is 0.220 e. The summed E-state index contributed by atoms with van der Waals surface area (Å²) >= 11 is 0. The van der Waals surface area contributed by atoms with E-state index in [1.165, 1.54) is 16.5 Å². The molecule has 1 amide bonds. The Kier molecular flexibility index (Phi) is 5.15. The molecule has 2 rings (SSSR count). The molecule has 4 nitrogen and oxygen atoms in total. The van der Waals surface area contributed by atoms with Gasteiger partial charge in [0.05, 0.1) is 6.04 Å². The number of nitrogens with one attached hydrogen (secondary N) is 1. The van der Waals surface area contributed by atoms with Crippen molar-refractivity contribution < 1.29 is 4.79 Å². The first kappa shape index (κ1) is 17.5. The van der Waals surface area contributed by atoms with Gasteiger partial charge in [-0.05, 0) is 31.1 Å². The van der Waals surface area contributed by atoms with E-state index in [0.29, 0.717) is 13.0 Å². The van der Waals surface area contributed by atoms with Gasteiger partial charge in [-0.2, -0.15) is 0 Å². The SMILES string of the molecule is CN(C)C(CNC(=O)CC(C)(C)C)c1cn(C)c2ccccc12. The fourth-order valence-corrected chi connectivity index (χ4v) is 2.96. The number of amides is 1. The first-order valence-corrected chi connectivity index (χ1v) is 8.16. The maximum absolute atomic E-state index is 12.2. The van der Waals surface area contributed by atoms with Gasteiger partial charge in [0.15, 0.2) is 0 Å². The molecule has 1 unspecified atom stereocenters. The van der Waals surface area contributed by atoms with Gasteiger partial charge in [0.2, 0.25) is 5.91 Å². The summed E-state index contributed by atoms with van der Waals surface area (Å²) in [5.41, 5.74) is 2.48. The quantitative estimate of drug-likeness (QED) is 0.919. The first-order chi connectivity index (χ1) is 10.7. The summed E-state index contributed by atoms with van der Waals surface area (Å²) in [7, 11) is 6.18. The van der Waals surface area contributed by atoms with Gasteiger partial charge in [0.25, 0.3) is 0 Å². The number of benzene rings is 1. The van der Waals surface area contributed by atoms with Gasteiger partial charge in [-0.1, -0.05) is 39.0 Å². The lowest BCUT2D eigenvalue weighted by atomic mass is 9.92. The molecule has 0 aliphatic heterocycles. The number of hydrogen-bond acceptors (Lipinski definition) is 2. The summed E-state index contributed by atoms with van der Waals surface area (Å²) in [6.07, 6.45) is 2.72. The Balaban J connectivity index is 2.20. The smallest absolute Gasteiger partial charge is 0.220 e. The number of aromatic nitrogens is 1. The predicted molar refractivity (Wildman–Crippen MR) is 96.4 cm³/mol. The summed E-state index contributed by atoms with van der Waals surface area (Å²) < 4.78 is 2.15. The van der Waals surface area contributed by atoms with Gasteiger partial charge in [0.1, 0.15) is 0 Å². The van der Waals surface area contributed by atoms with Gasteiger partial charge in [0, 0.05) is 37.1 Å². The Labute approximate surface area is 139 Å². The second-order valence-corrected chi connectivity index (χ2v) is 7.73. The third-order valence-electron chi connectivity index (χ3n) is 4.09. The molecule has 4 heteroatoms. The summed E-state index contributed by atoms with van der Waals surface area (Å²) in [4.78, 5) is 14.3. The molecular weight excluding hydrogens is 286 g/mol. The van der Waals surface area contributed by atoms with E-state index >= 15 is 0 Å². The van der Waals surface area contributed by atoms with Crippen LogP contribution in [0.5, 0.6) is 0 Å². The number of nitrogens with zero attached hydrogens (tertiary/aromatic N) is 2. The minimum Gasteiger partial charge on any atom is -0.354 e. The van der Waals surface area contributed by atoms with Crippen LogP contribution in [0.4, 0.5) is 0 Å². The summed E-state index contributed by atoms with van der Waals surface area (Å²) in [5, 5.41) is 4.35. The zero-order valence-corrected chi connectivity index (χ0v) is 15.2. The molecule has 0 spiro atoms. The molecule has 0 bridgehead atoms. The number of likely N-dealkylation sites (N-methyl/N-ethyl adjacent to an activating group) is 1. The zero-order chi connectivity index (χ0) is 17.2. The van der Waals surface area contributed by atoms with Gasteiger partial charge in [-0.3, -0.25) is 4.79 Å². The van der Waals surface area contributed by atoms with Gasteiger partial charge in [-0.15, -0.1) is 0 Å². The Hall–Kier alpha value is -1.81. The van der Waals surface area contributed by atoms with E-state index in [9.17, 15) is 4.79 Å². The van der Waals surface area contributed by atoms with E-state index in [4.69, 9.17) is 0 Å². The van der Waals surface area contributed by atoms with Crippen LogP contribution in [0.3, 0.4) is 0 Å². The van der Waals surface area contributed by atoms with E-state index in [-0.39, 0.29) is 17.4 Å². The fraction of sp³-hybridized carbons (Fsp3) is 0.526. The van der Waals surface area contributed by atoms with Crippen molar-refractivity contribution >= 4 is 16.8 Å². The number of carbonyl (C=O) groups excluding carboxylic acids is 1. The van der Waals surface area contributed by atoms with Gasteiger partial charge >= 0.3 is 0 Å². The van der Waals surface area contributed by atoms with Crippen molar-refractivity contribution in [3.8, 4) is 0 Å². The van der Waals surface area contributed by atoms with Crippen molar-refractivity contribution in [2.75, 3.05) is 20.6 Å². The van der Waals surface area contributed by atoms with Crippen molar-refractivity contribution in [1.82, 2.24) is 14.8 Å². The Morgan fingerprint density at radius 1 is 1.26 bits per heavy atom. The maximum atomic E-state index is 12.2. The van der Waals surface area contributed by atoms with Crippen molar-refractivity contribution in [2.45, 2.75) is 33.2 Å². The molecule has 1 heterocycles. The summed E-state index contributed by atoms with van der Waals surface area (Å²) in [5.74, 6) is 0.115. The van der Waals surface area contributed by atoms with Gasteiger partial charge < -0.3 is 14.8 Å². The molecule has 0 aliphatic rings. The molecule has 2 aromatic rings. The summed E-state index contributed by atoms with van der Waals surface area (Å²) in [6, 6.07) is 8.56.